The first-order valence-corrected chi connectivity index (χ1v) is 7.69. The molecule has 0 amide bonds. The van der Waals surface area contributed by atoms with Gasteiger partial charge in [-0.25, -0.2) is 0 Å². The molecular weight excluding hydrogens is 391 g/mol. The Morgan fingerprint density at radius 1 is 1.50 bits per heavy atom. The Morgan fingerprint density at radius 2 is 2.27 bits per heavy atom. The minimum atomic E-state index is 0. The normalized spacial score (nSPS) is 11.0. The highest BCUT2D eigenvalue weighted by atomic mass is 127. The molecule has 0 aliphatic carbocycles. The van der Waals surface area contributed by atoms with Crippen LogP contribution >= 0.6 is 24.0 Å². The summed E-state index contributed by atoms with van der Waals surface area (Å²) in [7, 11) is 2.07. The highest BCUT2D eigenvalue weighted by molar-refractivity contribution is 14.0. The van der Waals surface area contributed by atoms with Gasteiger partial charge in [0.05, 0.1) is 6.54 Å². The molecule has 126 valence electrons. The molecule has 0 spiro atoms. The number of unbranched alkanes of at least 4 members (excludes halogenated alkanes) is 1. The SMILES string of the molecule is C=CCNC(=NCCn1cnnc1CC)N(C)CCCC.I. The zero-order chi connectivity index (χ0) is 15.5. The summed E-state index contributed by atoms with van der Waals surface area (Å²) in [6.07, 6.45) is 6.85. The van der Waals surface area contributed by atoms with Gasteiger partial charge in [-0.05, 0) is 6.42 Å². The molecular formula is C15H29IN6. The average Bonchev–Trinajstić information content (AvgIpc) is 2.95. The van der Waals surface area contributed by atoms with E-state index in [1.165, 1.54) is 6.42 Å². The summed E-state index contributed by atoms with van der Waals surface area (Å²) in [5.74, 6) is 1.93. The predicted octanol–water partition coefficient (Wildman–Crippen LogP) is 2.32. The maximum absolute atomic E-state index is 4.67. The van der Waals surface area contributed by atoms with Crippen LogP contribution in [0.3, 0.4) is 0 Å². The van der Waals surface area contributed by atoms with E-state index in [0.717, 1.165) is 44.3 Å². The molecule has 1 aromatic rings. The van der Waals surface area contributed by atoms with E-state index in [9.17, 15) is 0 Å². The monoisotopic (exact) mass is 420 g/mol. The lowest BCUT2D eigenvalue weighted by molar-refractivity contribution is 0.465. The summed E-state index contributed by atoms with van der Waals surface area (Å²) >= 11 is 0. The van der Waals surface area contributed by atoms with Crippen LogP contribution in [-0.2, 0) is 13.0 Å². The summed E-state index contributed by atoms with van der Waals surface area (Å²) in [5, 5.41) is 11.3. The van der Waals surface area contributed by atoms with Crippen LogP contribution in [0.1, 0.15) is 32.5 Å². The van der Waals surface area contributed by atoms with E-state index in [0.29, 0.717) is 6.54 Å². The number of hydrogen-bond donors (Lipinski definition) is 1. The number of halogens is 1. The van der Waals surface area contributed by atoms with Crippen LogP contribution in [0, 0.1) is 0 Å². The maximum atomic E-state index is 4.67. The molecule has 0 unspecified atom stereocenters. The van der Waals surface area contributed by atoms with Crippen molar-refractivity contribution in [1.82, 2.24) is 25.0 Å². The molecule has 22 heavy (non-hydrogen) atoms. The largest absolute Gasteiger partial charge is 0.353 e. The molecule has 0 saturated heterocycles. The highest BCUT2D eigenvalue weighted by Gasteiger charge is 2.05. The molecule has 1 N–H and O–H groups in total. The molecule has 7 heteroatoms. The third kappa shape index (κ3) is 7.24. The first-order valence-electron chi connectivity index (χ1n) is 7.69. The van der Waals surface area contributed by atoms with Gasteiger partial charge in [0.1, 0.15) is 12.2 Å². The zero-order valence-corrected chi connectivity index (χ0v) is 16.3. The van der Waals surface area contributed by atoms with E-state index in [-0.39, 0.29) is 24.0 Å². The van der Waals surface area contributed by atoms with Gasteiger partial charge in [-0.15, -0.1) is 40.8 Å². The van der Waals surface area contributed by atoms with Crippen LogP contribution in [0.5, 0.6) is 0 Å². The van der Waals surface area contributed by atoms with Crippen LogP contribution in [0.25, 0.3) is 0 Å². The van der Waals surface area contributed by atoms with E-state index in [2.05, 4.69) is 57.4 Å². The van der Waals surface area contributed by atoms with Gasteiger partial charge in [-0.1, -0.05) is 26.3 Å². The highest BCUT2D eigenvalue weighted by Crippen LogP contribution is 1.97. The van der Waals surface area contributed by atoms with Gasteiger partial charge in [0.2, 0.25) is 0 Å². The number of nitrogens with zero attached hydrogens (tertiary/aromatic N) is 5. The van der Waals surface area contributed by atoms with Crippen molar-refractivity contribution in [3.05, 3.63) is 24.8 Å². The van der Waals surface area contributed by atoms with Crippen LogP contribution in [0.2, 0.25) is 0 Å². The molecule has 0 aromatic carbocycles. The standard InChI is InChI=1S/C15H28N6.HI/c1-5-8-11-20(4)15(16-9-6-2)17-10-12-21-13-18-19-14(21)7-3;/h6,13H,2,5,7-12H2,1,3-4H3,(H,16,17);1H. The lowest BCUT2D eigenvalue weighted by Gasteiger charge is -2.21. The summed E-state index contributed by atoms with van der Waals surface area (Å²) in [4.78, 5) is 6.84. The van der Waals surface area contributed by atoms with Crippen molar-refractivity contribution in [2.24, 2.45) is 4.99 Å². The fourth-order valence-electron chi connectivity index (χ4n) is 1.98. The molecule has 0 bridgehead atoms. The number of aryl methyl sites for hydroxylation is 1. The minimum absolute atomic E-state index is 0. The summed E-state index contributed by atoms with van der Waals surface area (Å²) in [5.41, 5.74) is 0. The van der Waals surface area contributed by atoms with E-state index < -0.39 is 0 Å². The molecule has 0 atom stereocenters. The van der Waals surface area contributed by atoms with E-state index in [1.807, 2.05) is 6.08 Å². The molecule has 1 heterocycles. The molecule has 0 radical (unpaired) electrons. The fraction of sp³-hybridized carbons (Fsp3) is 0.667. The Kier molecular flexibility index (Phi) is 11.8. The molecule has 0 fully saturated rings. The number of nitrogens with one attached hydrogen (secondary N) is 1. The van der Waals surface area contributed by atoms with Gasteiger partial charge in [-0.3, -0.25) is 4.99 Å². The summed E-state index contributed by atoms with van der Waals surface area (Å²) in [6, 6.07) is 0. The predicted molar refractivity (Wildman–Crippen MR) is 103 cm³/mol. The topological polar surface area (TPSA) is 58.3 Å². The van der Waals surface area contributed by atoms with E-state index in [4.69, 9.17) is 0 Å². The number of aromatic nitrogens is 3. The number of rotatable bonds is 9. The van der Waals surface area contributed by atoms with Gasteiger partial charge in [-0.2, -0.15) is 0 Å². The van der Waals surface area contributed by atoms with Crippen LogP contribution in [-0.4, -0.2) is 52.3 Å². The van der Waals surface area contributed by atoms with E-state index >= 15 is 0 Å². The van der Waals surface area contributed by atoms with Gasteiger partial charge in [0.25, 0.3) is 0 Å². The van der Waals surface area contributed by atoms with Crippen molar-refractivity contribution >= 4 is 29.9 Å². The Morgan fingerprint density at radius 3 is 2.91 bits per heavy atom. The van der Waals surface area contributed by atoms with Gasteiger partial charge < -0.3 is 14.8 Å². The zero-order valence-electron chi connectivity index (χ0n) is 14.0. The molecule has 6 nitrogen and oxygen atoms in total. The number of aliphatic imine (C=N–C) groups is 1. The van der Waals surface area contributed by atoms with E-state index in [1.54, 1.807) is 6.33 Å². The second-order valence-corrected chi connectivity index (χ2v) is 4.94. The van der Waals surface area contributed by atoms with Crippen LogP contribution in [0.15, 0.2) is 24.0 Å². The third-order valence-electron chi connectivity index (χ3n) is 3.23. The Hall–Kier alpha value is -1.12. The Bertz CT molecular complexity index is 443. The molecule has 0 aliphatic heterocycles. The summed E-state index contributed by atoms with van der Waals surface area (Å²) < 4.78 is 2.06. The van der Waals surface area contributed by atoms with Crippen molar-refractivity contribution in [1.29, 1.82) is 0 Å². The quantitative estimate of drug-likeness (QED) is 0.288. The molecule has 1 rings (SSSR count). The number of guanidine groups is 1. The minimum Gasteiger partial charge on any atom is -0.353 e. The van der Waals surface area contributed by atoms with Gasteiger partial charge in [0, 0.05) is 33.1 Å². The smallest absolute Gasteiger partial charge is 0.193 e. The van der Waals surface area contributed by atoms with Crippen molar-refractivity contribution in [2.45, 2.75) is 39.7 Å². The maximum Gasteiger partial charge on any atom is 0.193 e. The molecule has 1 aromatic heterocycles. The lowest BCUT2D eigenvalue weighted by atomic mass is 10.3. The summed E-state index contributed by atoms with van der Waals surface area (Å²) in [6.45, 7) is 11.3. The second kappa shape index (κ2) is 12.4. The third-order valence-corrected chi connectivity index (χ3v) is 3.23. The van der Waals surface area contributed by atoms with Gasteiger partial charge in [0.15, 0.2) is 5.96 Å². The fourth-order valence-corrected chi connectivity index (χ4v) is 1.98. The van der Waals surface area contributed by atoms with Crippen molar-refractivity contribution in [3.8, 4) is 0 Å². The Balaban J connectivity index is 0.00000441. The average molecular weight is 420 g/mol. The Labute approximate surface area is 151 Å². The first kappa shape index (κ1) is 20.9. The van der Waals surface area contributed by atoms with Crippen molar-refractivity contribution < 1.29 is 0 Å². The van der Waals surface area contributed by atoms with Gasteiger partial charge >= 0.3 is 0 Å². The second-order valence-electron chi connectivity index (χ2n) is 4.94. The lowest BCUT2D eigenvalue weighted by Crippen LogP contribution is -2.39. The molecule has 0 saturated carbocycles. The van der Waals surface area contributed by atoms with Crippen LogP contribution < -0.4 is 5.32 Å². The molecule has 0 aliphatic rings. The number of hydrogen-bond acceptors (Lipinski definition) is 3. The van der Waals surface area contributed by atoms with Crippen molar-refractivity contribution in [3.63, 3.8) is 0 Å². The first-order chi connectivity index (χ1) is 10.2. The van der Waals surface area contributed by atoms with Crippen molar-refractivity contribution in [2.75, 3.05) is 26.7 Å². The van der Waals surface area contributed by atoms with Crippen LogP contribution in [0.4, 0.5) is 0 Å².